The third-order valence-electron chi connectivity index (χ3n) is 2.92. The van der Waals surface area contributed by atoms with Crippen LogP contribution in [-0.2, 0) is 27.5 Å². The number of fused-ring (bicyclic) bond motifs is 1. The van der Waals surface area contributed by atoms with Crippen molar-refractivity contribution in [3.63, 3.8) is 0 Å². The van der Waals surface area contributed by atoms with Crippen molar-refractivity contribution in [2.45, 2.75) is 27.0 Å². The molecule has 0 atom stereocenters. The maximum absolute atomic E-state index is 13.3. The van der Waals surface area contributed by atoms with Gasteiger partial charge >= 0.3 is 0 Å². The van der Waals surface area contributed by atoms with Crippen LogP contribution in [-0.4, -0.2) is 19.2 Å². The fourth-order valence-electron chi connectivity index (χ4n) is 2.17. The Hall–Kier alpha value is -1.40. The summed E-state index contributed by atoms with van der Waals surface area (Å²) in [5.41, 5.74) is 1.61. The van der Waals surface area contributed by atoms with Crippen LogP contribution < -0.4 is 0 Å². The van der Waals surface area contributed by atoms with Crippen molar-refractivity contribution < 1.29 is 17.0 Å². The average Bonchev–Trinajstić information content (AvgIpc) is 2.62. The van der Waals surface area contributed by atoms with Crippen LogP contribution in [0, 0.1) is 11.7 Å². The zero-order valence-corrected chi connectivity index (χ0v) is 12.6. The van der Waals surface area contributed by atoms with E-state index in [4.69, 9.17) is 4.18 Å². The van der Waals surface area contributed by atoms with E-state index in [1.54, 1.807) is 12.1 Å². The van der Waals surface area contributed by atoms with Gasteiger partial charge in [-0.15, -0.1) is 0 Å². The molecule has 0 bridgehead atoms. The molecular formula is C14H18FNO3S. The summed E-state index contributed by atoms with van der Waals surface area (Å²) in [5, 5.41) is 0.748. The standard InChI is InChI=1S/C14H18FNO3S/c1-10(2)8-16-13(9-19-20(3,17)18)7-11-6-12(15)4-5-14(11)16/h4-7,10H,8-9H2,1-3H3. The van der Waals surface area contributed by atoms with Crippen molar-refractivity contribution in [1.29, 1.82) is 0 Å². The average molecular weight is 299 g/mol. The van der Waals surface area contributed by atoms with Gasteiger partial charge in [-0.1, -0.05) is 13.8 Å². The van der Waals surface area contributed by atoms with Gasteiger partial charge < -0.3 is 4.57 Å². The van der Waals surface area contributed by atoms with Gasteiger partial charge in [-0.3, -0.25) is 4.18 Å². The Morgan fingerprint density at radius 3 is 2.60 bits per heavy atom. The molecule has 0 N–H and O–H groups in total. The molecule has 0 aliphatic heterocycles. The first kappa shape index (κ1) is 15.0. The summed E-state index contributed by atoms with van der Waals surface area (Å²) in [4.78, 5) is 0. The van der Waals surface area contributed by atoms with Crippen LogP contribution in [0.1, 0.15) is 19.5 Å². The van der Waals surface area contributed by atoms with Crippen molar-refractivity contribution in [2.24, 2.45) is 5.92 Å². The van der Waals surface area contributed by atoms with E-state index in [1.165, 1.54) is 12.1 Å². The zero-order valence-electron chi connectivity index (χ0n) is 11.8. The molecule has 0 unspecified atom stereocenters. The van der Waals surface area contributed by atoms with Crippen molar-refractivity contribution in [1.82, 2.24) is 4.57 Å². The molecule has 0 saturated heterocycles. The van der Waals surface area contributed by atoms with E-state index in [2.05, 4.69) is 13.8 Å². The summed E-state index contributed by atoms with van der Waals surface area (Å²) < 4.78 is 42.3. The van der Waals surface area contributed by atoms with Crippen molar-refractivity contribution in [3.05, 3.63) is 35.8 Å². The van der Waals surface area contributed by atoms with Crippen molar-refractivity contribution in [2.75, 3.05) is 6.26 Å². The fraction of sp³-hybridized carbons (Fsp3) is 0.429. The Labute approximate surface area is 118 Å². The summed E-state index contributed by atoms with van der Waals surface area (Å²) in [6, 6.07) is 6.32. The normalized spacial score (nSPS) is 12.4. The monoisotopic (exact) mass is 299 g/mol. The largest absolute Gasteiger partial charge is 0.342 e. The SMILES string of the molecule is CC(C)Cn1c(COS(C)(=O)=O)cc2cc(F)ccc21. The molecule has 6 heteroatoms. The third kappa shape index (κ3) is 3.58. The van der Waals surface area contributed by atoms with Crippen LogP contribution in [0.3, 0.4) is 0 Å². The molecule has 1 aromatic carbocycles. The lowest BCUT2D eigenvalue weighted by Gasteiger charge is -2.13. The molecule has 2 rings (SSSR count). The van der Waals surface area contributed by atoms with Gasteiger partial charge in [0.2, 0.25) is 0 Å². The third-order valence-corrected chi connectivity index (χ3v) is 3.46. The molecule has 0 saturated carbocycles. The topological polar surface area (TPSA) is 48.3 Å². The number of halogens is 1. The van der Waals surface area contributed by atoms with E-state index in [0.29, 0.717) is 5.92 Å². The first-order valence-corrected chi connectivity index (χ1v) is 8.20. The number of hydrogen-bond donors (Lipinski definition) is 0. The Morgan fingerprint density at radius 1 is 1.30 bits per heavy atom. The van der Waals surface area contributed by atoms with Gasteiger partial charge in [0.15, 0.2) is 0 Å². The molecule has 4 nitrogen and oxygen atoms in total. The Morgan fingerprint density at radius 2 is 2.00 bits per heavy atom. The molecule has 0 aliphatic carbocycles. The number of nitrogens with zero attached hydrogens (tertiary/aromatic N) is 1. The molecule has 1 heterocycles. The number of hydrogen-bond acceptors (Lipinski definition) is 3. The molecule has 0 radical (unpaired) electrons. The van der Waals surface area contributed by atoms with E-state index in [-0.39, 0.29) is 12.4 Å². The molecule has 2 aromatic rings. The quantitative estimate of drug-likeness (QED) is 0.798. The molecule has 1 aromatic heterocycles. The lowest BCUT2D eigenvalue weighted by molar-refractivity contribution is 0.299. The van der Waals surface area contributed by atoms with E-state index in [0.717, 1.165) is 29.4 Å². The number of rotatable bonds is 5. The first-order valence-electron chi connectivity index (χ1n) is 6.38. The van der Waals surface area contributed by atoms with Crippen molar-refractivity contribution in [3.8, 4) is 0 Å². The second-order valence-corrected chi connectivity index (χ2v) is 6.95. The van der Waals surface area contributed by atoms with Crippen LogP contribution in [0.25, 0.3) is 10.9 Å². The van der Waals surface area contributed by atoms with Crippen LogP contribution in [0.4, 0.5) is 4.39 Å². The minimum absolute atomic E-state index is 0.0398. The van der Waals surface area contributed by atoms with Crippen LogP contribution in [0.2, 0.25) is 0 Å². The predicted octanol–water partition coefficient (Wildman–Crippen LogP) is 2.91. The van der Waals surface area contributed by atoms with Gasteiger partial charge in [0.05, 0.1) is 6.26 Å². The van der Waals surface area contributed by atoms with Crippen LogP contribution >= 0.6 is 0 Å². The van der Waals surface area contributed by atoms with Gasteiger partial charge in [0, 0.05) is 23.1 Å². The smallest absolute Gasteiger partial charge is 0.264 e. The molecular weight excluding hydrogens is 281 g/mol. The Bertz CT molecular complexity index is 719. The molecule has 0 amide bonds. The highest BCUT2D eigenvalue weighted by Crippen LogP contribution is 2.23. The summed E-state index contributed by atoms with van der Waals surface area (Å²) in [5.74, 6) is 0.0717. The molecule has 20 heavy (non-hydrogen) atoms. The highest BCUT2D eigenvalue weighted by molar-refractivity contribution is 7.85. The fourth-order valence-corrected chi connectivity index (χ4v) is 2.50. The van der Waals surface area contributed by atoms with Gasteiger partial charge in [0.1, 0.15) is 12.4 Å². The van der Waals surface area contributed by atoms with Gasteiger partial charge in [-0.05, 0) is 30.2 Å². The van der Waals surface area contributed by atoms with Gasteiger partial charge in [-0.25, -0.2) is 4.39 Å². The summed E-state index contributed by atoms with van der Waals surface area (Å²) >= 11 is 0. The Balaban J connectivity index is 2.45. The van der Waals surface area contributed by atoms with Crippen LogP contribution in [0.15, 0.2) is 24.3 Å². The van der Waals surface area contributed by atoms with E-state index < -0.39 is 10.1 Å². The predicted molar refractivity (Wildman–Crippen MR) is 76.4 cm³/mol. The Kier molecular flexibility index (Phi) is 4.15. The van der Waals surface area contributed by atoms with Gasteiger partial charge in [0.25, 0.3) is 10.1 Å². The summed E-state index contributed by atoms with van der Waals surface area (Å²) in [6.45, 7) is 4.81. The lowest BCUT2D eigenvalue weighted by Crippen LogP contribution is -2.11. The van der Waals surface area contributed by atoms with Crippen molar-refractivity contribution >= 4 is 21.0 Å². The number of benzene rings is 1. The maximum atomic E-state index is 13.3. The minimum atomic E-state index is -3.50. The van der Waals surface area contributed by atoms with E-state index in [9.17, 15) is 12.8 Å². The van der Waals surface area contributed by atoms with Crippen LogP contribution in [0.5, 0.6) is 0 Å². The molecule has 0 aliphatic rings. The highest BCUT2D eigenvalue weighted by Gasteiger charge is 2.13. The maximum Gasteiger partial charge on any atom is 0.264 e. The molecule has 110 valence electrons. The summed E-state index contributed by atoms with van der Waals surface area (Å²) in [7, 11) is -3.50. The minimum Gasteiger partial charge on any atom is -0.342 e. The van der Waals surface area contributed by atoms with E-state index >= 15 is 0 Å². The zero-order chi connectivity index (χ0) is 14.9. The molecule has 0 fully saturated rings. The first-order chi connectivity index (χ1) is 9.26. The second kappa shape index (κ2) is 5.54. The van der Waals surface area contributed by atoms with E-state index in [1.807, 2.05) is 4.57 Å². The van der Waals surface area contributed by atoms with Gasteiger partial charge in [-0.2, -0.15) is 8.42 Å². The lowest BCUT2D eigenvalue weighted by atomic mass is 10.2. The number of aromatic nitrogens is 1. The highest BCUT2D eigenvalue weighted by atomic mass is 32.2. The second-order valence-electron chi connectivity index (χ2n) is 5.31. The summed E-state index contributed by atoms with van der Waals surface area (Å²) in [6.07, 6.45) is 1.02. The molecule has 0 spiro atoms.